The van der Waals surface area contributed by atoms with Gasteiger partial charge in [-0.05, 0) is 69.6 Å². The molecule has 106 valence electrons. The van der Waals surface area contributed by atoms with Crippen molar-refractivity contribution in [2.75, 3.05) is 33.2 Å². The zero-order chi connectivity index (χ0) is 13.0. The first-order valence-corrected chi connectivity index (χ1v) is 7.97. The number of rotatable bonds is 4. The molecule has 1 aliphatic carbocycles. The van der Waals surface area contributed by atoms with Crippen LogP contribution in [0.3, 0.4) is 0 Å². The number of nitrogens with one attached hydrogen (secondary N) is 1. The van der Waals surface area contributed by atoms with E-state index in [1.54, 1.807) is 0 Å². The van der Waals surface area contributed by atoms with Crippen LogP contribution in [0.5, 0.6) is 0 Å². The third-order valence-corrected chi connectivity index (χ3v) is 5.31. The smallest absolute Gasteiger partial charge is 0.000623 e. The van der Waals surface area contributed by atoms with Gasteiger partial charge in [-0.1, -0.05) is 26.7 Å². The quantitative estimate of drug-likeness (QED) is 0.827. The lowest BCUT2D eigenvalue weighted by Crippen LogP contribution is -2.43. The van der Waals surface area contributed by atoms with Gasteiger partial charge < -0.3 is 10.2 Å². The summed E-state index contributed by atoms with van der Waals surface area (Å²) in [7, 11) is 2.25. The fraction of sp³-hybridized carbons (Fsp3) is 1.00. The molecule has 2 aliphatic rings. The molecule has 1 heterocycles. The fourth-order valence-electron chi connectivity index (χ4n) is 3.45. The zero-order valence-corrected chi connectivity index (χ0v) is 12.7. The van der Waals surface area contributed by atoms with Gasteiger partial charge in [0.1, 0.15) is 0 Å². The lowest BCUT2D eigenvalue weighted by Gasteiger charge is -2.38. The SMILES string of the molecule is CC1CCC(CNCC2(C)CCN(C)CC2)CC1. The first-order valence-electron chi connectivity index (χ1n) is 7.97. The Bertz CT molecular complexity index is 235. The number of piperidine rings is 1. The average molecular weight is 252 g/mol. The minimum atomic E-state index is 0.550. The van der Waals surface area contributed by atoms with Crippen molar-refractivity contribution in [1.82, 2.24) is 10.2 Å². The highest BCUT2D eigenvalue weighted by molar-refractivity contribution is 4.83. The van der Waals surface area contributed by atoms with E-state index in [2.05, 4.69) is 31.1 Å². The lowest BCUT2D eigenvalue weighted by atomic mass is 9.79. The first-order chi connectivity index (χ1) is 8.57. The molecule has 0 atom stereocenters. The molecule has 0 unspecified atom stereocenters. The Morgan fingerprint density at radius 3 is 2.33 bits per heavy atom. The van der Waals surface area contributed by atoms with Gasteiger partial charge in [-0.15, -0.1) is 0 Å². The van der Waals surface area contributed by atoms with Crippen LogP contribution in [0, 0.1) is 17.3 Å². The molecule has 2 rings (SSSR count). The molecule has 0 amide bonds. The van der Waals surface area contributed by atoms with Crippen molar-refractivity contribution in [2.24, 2.45) is 17.3 Å². The van der Waals surface area contributed by atoms with E-state index in [0.717, 1.165) is 11.8 Å². The van der Waals surface area contributed by atoms with E-state index in [1.165, 1.54) is 64.7 Å². The predicted molar refractivity (Wildman–Crippen MR) is 78.8 cm³/mol. The summed E-state index contributed by atoms with van der Waals surface area (Å²) in [5.41, 5.74) is 0.550. The Kier molecular flexibility index (Phi) is 5.08. The van der Waals surface area contributed by atoms with Gasteiger partial charge >= 0.3 is 0 Å². The second-order valence-electron chi connectivity index (χ2n) is 7.37. The van der Waals surface area contributed by atoms with Gasteiger partial charge in [-0.25, -0.2) is 0 Å². The zero-order valence-electron chi connectivity index (χ0n) is 12.7. The van der Waals surface area contributed by atoms with Crippen molar-refractivity contribution in [3.8, 4) is 0 Å². The van der Waals surface area contributed by atoms with E-state index < -0.39 is 0 Å². The molecule has 1 saturated carbocycles. The van der Waals surface area contributed by atoms with Crippen molar-refractivity contribution in [3.05, 3.63) is 0 Å². The van der Waals surface area contributed by atoms with Crippen molar-refractivity contribution in [2.45, 2.75) is 52.4 Å². The van der Waals surface area contributed by atoms with Crippen LogP contribution in [0.15, 0.2) is 0 Å². The average Bonchev–Trinajstić information content (AvgIpc) is 2.36. The molecule has 1 saturated heterocycles. The molecule has 2 fully saturated rings. The molecule has 2 heteroatoms. The van der Waals surface area contributed by atoms with Crippen LogP contribution < -0.4 is 5.32 Å². The summed E-state index contributed by atoms with van der Waals surface area (Å²) >= 11 is 0. The normalized spacial score (nSPS) is 33.5. The maximum atomic E-state index is 3.78. The third kappa shape index (κ3) is 4.24. The van der Waals surface area contributed by atoms with Crippen molar-refractivity contribution >= 4 is 0 Å². The summed E-state index contributed by atoms with van der Waals surface area (Å²) in [6.07, 6.45) is 8.53. The van der Waals surface area contributed by atoms with E-state index in [4.69, 9.17) is 0 Å². The molecule has 1 N–H and O–H groups in total. The number of hydrogen-bond acceptors (Lipinski definition) is 2. The standard InChI is InChI=1S/C16H32N2/c1-14-4-6-15(7-5-14)12-17-13-16(2)8-10-18(3)11-9-16/h14-15,17H,4-13H2,1-3H3. The molecular weight excluding hydrogens is 220 g/mol. The summed E-state index contributed by atoms with van der Waals surface area (Å²) in [5.74, 6) is 1.93. The highest BCUT2D eigenvalue weighted by Crippen LogP contribution is 2.30. The van der Waals surface area contributed by atoms with Crippen molar-refractivity contribution in [1.29, 1.82) is 0 Å². The highest BCUT2D eigenvalue weighted by atomic mass is 15.1. The molecule has 0 aromatic carbocycles. The van der Waals surface area contributed by atoms with Crippen molar-refractivity contribution in [3.63, 3.8) is 0 Å². The molecule has 0 radical (unpaired) electrons. The lowest BCUT2D eigenvalue weighted by molar-refractivity contribution is 0.134. The predicted octanol–water partition coefficient (Wildman–Crippen LogP) is 3.13. The third-order valence-electron chi connectivity index (χ3n) is 5.31. The number of nitrogens with zero attached hydrogens (tertiary/aromatic N) is 1. The first kappa shape index (κ1) is 14.3. The Labute approximate surface area is 114 Å². The topological polar surface area (TPSA) is 15.3 Å². The van der Waals surface area contributed by atoms with Crippen LogP contribution in [0.25, 0.3) is 0 Å². The maximum Gasteiger partial charge on any atom is 0.000623 e. The van der Waals surface area contributed by atoms with Gasteiger partial charge in [-0.3, -0.25) is 0 Å². The minimum absolute atomic E-state index is 0.550. The molecule has 18 heavy (non-hydrogen) atoms. The Balaban J connectivity index is 1.63. The summed E-state index contributed by atoms with van der Waals surface area (Å²) in [4.78, 5) is 2.46. The molecular formula is C16H32N2. The van der Waals surface area contributed by atoms with Gasteiger partial charge in [-0.2, -0.15) is 0 Å². The van der Waals surface area contributed by atoms with Crippen molar-refractivity contribution < 1.29 is 0 Å². The van der Waals surface area contributed by atoms with Gasteiger partial charge in [0, 0.05) is 6.54 Å². The fourth-order valence-corrected chi connectivity index (χ4v) is 3.45. The summed E-state index contributed by atoms with van der Waals surface area (Å²) in [6.45, 7) is 9.92. The molecule has 0 bridgehead atoms. The van der Waals surface area contributed by atoms with E-state index in [-0.39, 0.29) is 0 Å². The second kappa shape index (κ2) is 6.38. The van der Waals surface area contributed by atoms with Crippen LogP contribution in [-0.4, -0.2) is 38.1 Å². The van der Waals surface area contributed by atoms with E-state index in [0.29, 0.717) is 5.41 Å². The van der Waals surface area contributed by atoms with Gasteiger partial charge in [0.2, 0.25) is 0 Å². The monoisotopic (exact) mass is 252 g/mol. The second-order valence-corrected chi connectivity index (χ2v) is 7.37. The van der Waals surface area contributed by atoms with Gasteiger partial charge in [0.05, 0.1) is 0 Å². The van der Waals surface area contributed by atoms with Crippen LogP contribution in [0.2, 0.25) is 0 Å². The largest absolute Gasteiger partial charge is 0.316 e. The molecule has 1 aliphatic heterocycles. The maximum absolute atomic E-state index is 3.78. The minimum Gasteiger partial charge on any atom is -0.316 e. The van der Waals surface area contributed by atoms with Crippen LogP contribution in [0.4, 0.5) is 0 Å². The summed E-state index contributed by atoms with van der Waals surface area (Å²) in [6, 6.07) is 0. The molecule has 0 aromatic rings. The van der Waals surface area contributed by atoms with Gasteiger partial charge in [0.25, 0.3) is 0 Å². The number of likely N-dealkylation sites (tertiary alicyclic amines) is 1. The molecule has 2 nitrogen and oxygen atoms in total. The molecule has 0 aromatic heterocycles. The highest BCUT2D eigenvalue weighted by Gasteiger charge is 2.28. The Morgan fingerprint density at radius 1 is 1.11 bits per heavy atom. The van der Waals surface area contributed by atoms with E-state index in [1.807, 2.05) is 0 Å². The van der Waals surface area contributed by atoms with Crippen LogP contribution in [0.1, 0.15) is 52.4 Å². The van der Waals surface area contributed by atoms with Gasteiger partial charge in [0.15, 0.2) is 0 Å². The summed E-state index contributed by atoms with van der Waals surface area (Å²) < 4.78 is 0. The van der Waals surface area contributed by atoms with E-state index in [9.17, 15) is 0 Å². The molecule has 0 spiro atoms. The van der Waals surface area contributed by atoms with Crippen LogP contribution in [-0.2, 0) is 0 Å². The summed E-state index contributed by atoms with van der Waals surface area (Å²) in [5, 5.41) is 3.78. The Hall–Kier alpha value is -0.0800. The van der Waals surface area contributed by atoms with Crippen LogP contribution >= 0.6 is 0 Å². The number of hydrogen-bond donors (Lipinski definition) is 1. The Morgan fingerprint density at radius 2 is 1.72 bits per heavy atom. The van der Waals surface area contributed by atoms with E-state index >= 15 is 0 Å².